The Bertz CT molecular complexity index is 1050. The van der Waals surface area contributed by atoms with Crippen molar-refractivity contribution in [3.05, 3.63) is 51.0 Å². The largest absolute Gasteiger partial charge is 0.493 e. The zero-order chi connectivity index (χ0) is 24.1. The fourth-order valence-electron chi connectivity index (χ4n) is 3.56. The van der Waals surface area contributed by atoms with Gasteiger partial charge in [0.15, 0.2) is 16.6 Å². The van der Waals surface area contributed by atoms with Crippen molar-refractivity contribution in [3.8, 4) is 17.2 Å². The highest BCUT2D eigenvalue weighted by Crippen LogP contribution is 2.38. The first kappa shape index (κ1) is 24.3. The molecule has 1 aliphatic rings. The van der Waals surface area contributed by atoms with Crippen molar-refractivity contribution in [2.45, 2.75) is 0 Å². The number of hydrogen-bond donors (Lipinski definition) is 1. The molecule has 2 aromatic rings. The molecular formula is C21H23ClN4O6S. The first-order valence-electron chi connectivity index (χ1n) is 9.88. The van der Waals surface area contributed by atoms with Crippen molar-refractivity contribution in [3.63, 3.8) is 0 Å². The maximum Gasteiger partial charge on any atom is 0.294 e. The fourth-order valence-corrected chi connectivity index (χ4v) is 4.12. The summed E-state index contributed by atoms with van der Waals surface area (Å²) < 4.78 is 15.9. The van der Waals surface area contributed by atoms with Gasteiger partial charge in [0, 0.05) is 37.8 Å². The van der Waals surface area contributed by atoms with Crippen LogP contribution in [0.3, 0.4) is 0 Å². The van der Waals surface area contributed by atoms with Gasteiger partial charge in [-0.15, -0.1) is 0 Å². The summed E-state index contributed by atoms with van der Waals surface area (Å²) >= 11 is 11.7. The summed E-state index contributed by atoms with van der Waals surface area (Å²) in [6, 6.07) is 7.67. The molecule has 0 aromatic heterocycles. The summed E-state index contributed by atoms with van der Waals surface area (Å²) in [6.07, 6.45) is 0. The maximum absolute atomic E-state index is 12.8. The minimum Gasteiger partial charge on any atom is -0.493 e. The lowest BCUT2D eigenvalue weighted by atomic mass is 10.1. The van der Waals surface area contributed by atoms with E-state index in [1.807, 2.05) is 9.80 Å². The number of thiocarbonyl (C=S) groups is 1. The molecule has 0 aliphatic carbocycles. The molecule has 12 heteroatoms. The van der Waals surface area contributed by atoms with Crippen LogP contribution < -0.4 is 24.4 Å². The third-order valence-electron chi connectivity index (χ3n) is 5.19. The molecule has 1 heterocycles. The Morgan fingerprint density at radius 3 is 2.21 bits per heavy atom. The molecule has 0 saturated carbocycles. The third-order valence-corrected chi connectivity index (χ3v) is 5.86. The summed E-state index contributed by atoms with van der Waals surface area (Å²) in [7, 11) is 4.41. The third kappa shape index (κ3) is 5.20. The smallest absolute Gasteiger partial charge is 0.294 e. The van der Waals surface area contributed by atoms with Gasteiger partial charge in [-0.1, -0.05) is 17.7 Å². The molecule has 1 aliphatic heterocycles. The van der Waals surface area contributed by atoms with Crippen LogP contribution in [0, 0.1) is 10.1 Å². The number of amides is 1. The van der Waals surface area contributed by atoms with Crippen molar-refractivity contribution in [1.29, 1.82) is 0 Å². The van der Waals surface area contributed by atoms with Crippen molar-refractivity contribution in [2.75, 3.05) is 52.4 Å². The van der Waals surface area contributed by atoms with Crippen molar-refractivity contribution >= 4 is 46.2 Å². The topological polar surface area (TPSA) is 106 Å². The van der Waals surface area contributed by atoms with Crippen LogP contribution in [0.2, 0.25) is 5.02 Å². The Labute approximate surface area is 201 Å². The van der Waals surface area contributed by atoms with E-state index in [4.69, 9.17) is 38.0 Å². The molecule has 1 amide bonds. The van der Waals surface area contributed by atoms with E-state index in [0.29, 0.717) is 54.1 Å². The predicted octanol–water partition coefficient (Wildman–Crippen LogP) is 3.11. The molecule has 0 unspecified atom stereocenters. The molecule has 10 nitrogen and oxygen atoms in total. The minimum absolute atomic E-state index is 0.0470. The zero-order valence-electron chi connectivity index (χ0n) is 18.3. The van der Waals surface area contributed by atoms with Gasteiger partial charge in [0.25, 0.3) is 11.6 Å². The fraction of sp³-hybridized carbons (Fsp3) is 0.333. The van der Waals surface area contributed by atoms with E-state index in [1.54, 1.807) is 12.1 Å². The van der Waals surface area contributed by atoms with Gasteiger partial charge in [-0.2, -0.15) is 0 Å². The van der Waals surface area contributed by atoms with Crippen LogP contribution >= 0.6 is 23.8 Å². The average Bonchev–Trinajstić information content (AvgIpc) is 2.82. The Kier molecular flexibility index (Phi) is 7.77. The highest BCUT2D eigenvalue weighted by molar-refractivity contribution is 7.80. The summed E-state index contributed by atoms with van der Waals surface area (Å²) in [5.74, 6) is 0.651. The second kappa shape index (κ2) is 10.5. The van der Waals surface area contributed by atoms with E-state index < -0.39 is 10.8 Å². The van der Waals surface area contributed by atoms with Crippen LogP contribution in [0.1, 0.15) is 10.4 Å². The van der Waals surface area contributed by atoms with Crippen molar-refractivity contribution in [2.24, 2.45) is 0 Å². The van der Waals surface area contributed by atoms with Gasteiger partial charge in [-0.25, -0.2) is 0 Å². The monoisotopic (exact) mass is 494 g/mol. The van der Waals surface area contributed by atoms with Crippen molar-refractivity contribution in [1.82, 2.24) is 10.2 Å². The molecule has 0 radical (unpaired) electrons. The Morgan fingerprint density at radius 2 is 1.70 bits per heavy atom. The van der Waals surface area contributed by atoms with Crippen LogP contribution in [0.5, 0.6) is 17.2 Å². The summed E-state index contributed by atoms with van der Waals surface area (Å²) in [5, 5.41) is 14.7. The van der Waals surface area contributed by atoms with Gasteiger partial charge in [0.2, 0.25) is 5.75 Å². The van der Waals surface area contributed by atoms with Gasteiger partial charge >= 0.3 is 0 Å². The zero-order valence-corrected chi connectivity index (χ0v) is 19.9. The van der Waals surface area contributed by atoms with Gasteiger partial charge in [-0.05, 0) is 30.4 Å². The Balaban J connectivity index is 1.68. The molecule has 33 heavy (non-hydrogen) atoms. The second-order valence-corrected chi connectivity index (χ2v) is 7.81. The number of halogens is 1. The van der Waals surface area contributed by atoms with Crippen molar-refractivity contribution < 1.29 is 23.9 Å². The number of nitrogens with zero attached hydrogens (tertiary/aromatic N) is 3. The number of nitro benzene ring substituents is 1. The van der Waals surface area contributed by atoms with E-state index in [9.17, 15) is 14.9 Å². The number of anilines is 1. The van der Waals surface area contributed by atoms with Crippen LogP contribution in [0.25, 0.3) is 0 Å². The van der Waals surface area contributed by atoms with Gasteiger partial charge in [0.1, 0.15) is 5.69 Å². The highest BCUT2D eigenvalue weighted by atomic mass is 35.5. The number of benzene rings is 2. The van der Waals surface area contributed by atoms with E-state index in [0.717, 1.165) is 0 Å². The molecular weight excluding hydrogens is 472 g/mol. The standard InChI is InChI=1S/C21H23ClN4O6S/c1-30-16-11-13(12-17(31-2)19(16)32-3)20(27)23-21(33)25-9-7-24(8-10-25)18-14(22)5-4-6-15(18)26(28)29/h4-6,11-12H,7-10H2,1-3H3,(H,23,27,33). The quantitative estimate of drug-likeness (QED) is 0.368. The number of methoxy groups -OCH3 is 3. The molecule has 0 spiro atoms. The first-order valence-corrected chi connectivity index (χ1v) is 10.7. The van der Waals surface area contributed by atoms with Gasteiger partial charge in [0.05, 0.1) is 31.3 Å². The minimum atomic E-state index is -0.449. The number of nitro groups is 1. The lowest BCUT2D eigenvalue weighted by Crippen LogP contribution is -2.52. The number of carbonyl (C=O) groups is 1. The SMILES string of the molecule is COc1cc(C(=O)NC(=S)N2CCN(c3c(Cl)cccc3[N+](=O)[O-])CC2)cc(OC)c1OC. The number of carbonyl (C=O) groups excluding carboxylic acids is 1. The molecule has 0 bridgehead atoms. The normalized spacial score (nSPS) is 13.3. The molecule has 0 atom stereocenters. The number of hydrogen-bond acceptors (Lipinski definition) is 8. The molecule has 1 saturated heterocycles. The summed E-state index contributed by atoms with van der Waals surface area (Å²) in [5.41, 5.74) is 0.627. The van der Waals surface area contributed by atoms with Crippen LogP contribution in [0.4, 0.5) is 11.4 Å². The molecule has 2 aromatic carbocycles. The maximum atomic E-state index is 12.8. The number of ether oxygens (including phenoxy) is 3. The second-order valence-electron chi connectivity index (χ2n) is 7.01. The lowest BCUT2D eigenvalue weighted by Gasteiger charge is -2.37. The van der Waals surface area contributed by atoms with E-state index in [1.165, 1.54) is 39.5 Å². The molecule has 176 valence electrons. The Hall–Kier alpha value is -3.31. The number of para-hydroxylation sites is 1. The van der Waals surface area contributed by atoms with Crippen LogP contribution in [-0.2, 0) is 0 Å². The number of piperazine rings is 1. The van der Waals surface area contributed by atoms with Gasteiger partial charge < -0.3 is 24.0 Å². The van der Waals surface area contributed by atoms with E-state index in [-0.39, 0.29) is 16.4 Å². The Morgan fingerprint density at radius 1 is 1.09 bits per heavy atom. The number of nitrogens with one attached hydrogen (secondary N) is 1. The van der Waals surface area contributed by atoms with Crippen LogP contribution in [0.15, 0.2) is 30.3 Å². The summed E-state index contributed by atoms with van der Waals surface area (Å²) in [4.78, 5) is 27.4. The summed E-state index contributed by atoms with van der Waals surface area (Å²) in [6.45, 7) is 1.81. The highest BCUT2D eigenvalue weighted by Gasteiger charge is 2.27. The molecule has 1 fully saturated rings. The first-order chi connectivity index (χ1) is 15.8. The van der Waals surface area contributed by atoms with Gasteiger partial charge in [-0.3, -0.25) is 20.2 Å². The number of rotatable bonds is 6. The lowest BCUT2D eigenvalue weighted by molar-refractivity contribution is -0.384. The molecule has 3 rings (SSSR count). The average molecular weight is 495 g/mol. The molecule has 1 N–H and O–H groups in total. The van der Waals surface area contributed by atoms with Crippen LogP contribution in [-0.4, -0.2) is 68.4 Å². The van der Waals surface area contributed by atoms with E-state index >= 15 is 0 Å². The van der Waals surface area contributed by atoms with E-state index in [2.05, 4.69) is 5.32 Å². The predicted molar refractivity (Wildman–Crippen MR) is 128 cm³/mol.